The van der Waals surface area contributed by atoms with Gasteiger partial charge in [0.25, 0.3) is 0 Å². The Morgan fingerprint density at radius 3 is 2.29 bits per heavy atom. The Labute approximate surface area is 110 Å². The van der Waals surface area contributed by atoms with Gasteiger partial charge in [-0.1, -0.05) is 35.4 Å². The summed E-state index contributed by atoms with van der Waals surface area (Å²) >= 11 is 11.7. The first-order valence-corrected chi connectivity index (χ1v) is 6.92. The van der Waals surface area contributed by atoms with Crippen molar-refractivity contribution in [3.8, 4) is 5.75 Å². The maximum atomic E-state index is 11.1. The van der Waals surface area contributed by atoms with Crippen molar-refractivity contribution >= 4 is 33.2 Å². The molecule has 1 aromatic rings. The summed E-state index contributed by atoms with van der Waals surface area (Å²) in [7, 11) is -3.83. The molecule has 7 heteroatoms. The van der Waals surface area contributed by atoms with Crippen molar-refractivity contribution in [1.29, 1.82) is 0 Å². The van der Waals surface area contributed by atoms with Crippen LogP contribution in [0.15, 0.2) is 29.2 Å². The van der Waals surface area contributed by atoms with E-state index < -0.39 is 10.0 Å². The number of hydrogen-bond acceptors (Lipinski definition) is 3. The largest absolute Gasteiger partial charge is 0.486 e. The van der Waals surface area contributed by atoms with Crippen molar-refractivity contribution in [1.82, 2.24) is 0 Å². The lowest BCUT2D eigenvalue weighted by Crippen LogP contribution is -2.12. The molecule has 0 saturated heterocycles. The van der Waals surface area contributed by atoms with Gasteiger partial charge in [0, 0.05) is 0 Å². The van der Waals surface area contributed by atoms with Crippen LogP contribution in [0.5, 0.6) is 5.75 Å². The predicted octanol–water partition coefficient (Wildman–Crippen LogP) is 2.60. The maximum absolute atomic E-state index is 11.1. The van der Waals surface area contributed by atoms with Gasteiger partial charge in [-0.25, -0.2) is 13.6 Å². The third kappa shape index (κ3) is 3.89. The van der Waals surface area contributed by atoms with Crippen LogP contribution in [0.4, 0.5) is 0 Å². The van der Waals surface area contributed by atoms with Gasteiger partial charge in [-0.05, 0) is 19.1 Å². The van der Waals surface area contributed by atoms with E-state index in [4.69, 9.17) is 33.1 Å². The van der Waals surface area contributed by atoms with Crippen molar-refractivity contribution in [2.24, 2.45) is 5.14 Å². The van der Waals surface area contributed by atoms with Crippen LogP contribution in [0.1, 0.15) is 6.92 Å². The molecule has 17 heavy (non-hydrogen) atoms. The zero-order chi connectivity index (χ0) is 13.1. The van der Waals surface area contributed by atoms with E-state index in [2.05, 4.69) is 0 Å². The van der Waals surface area contributed by atoms with Crippen molar-refractivity contribution < 1.29 is 13.2 Å². The highest BCUT2D eigenvalue weighted by Gasteiger charge is 2.15. The van der Waals surface area contributed by atoms with Crippen LogP contribution in [0.25, 0.3) is 0 Å². The van der Waals surface area contributed by atoms with Gasteiger partial charge in [0.1, 0.15) is 6.61 Å². The number of halogens is 2. The van der Waals surface area contributed by atoms with Crippen LogP contribution in [-0.4, -0.2) is 15.0 Å². The highest BCUT2D eigenvalue weighted by Crippen LogP contribution is 2.35. The monoisotopic (exact) mass is 295 g/mol. The van der Waals surface area contributed by atoms with Gasteiger partial charge in [-0.15, -0.1) is 0 Å². The van der Waals surface area contributed by atoms with Crippen molar-refractivity contribution in [2.75, 3.05) is 6.61 Å². The molecule has 0 fully saturated rings. The fraction of sp³-hybridized carbons (Fsp3) is 0.200. The molecule has 0 aromatic heterocycles. The number of nitrogens with two attached hydrogens (primary N) is 1. The van der Waals surface area contributed by atoms with Crippen molar-refractivity contribution in [3.05, 3.63) is 34.3 Å². The minimum absolute atomic E-state index is 0.103. The van der Waals surface area contributed by atoms with Crippen molar-refractivity contribution in [2.45, 2.75) is 11.8 Å². The highest BCUT2D eigenvalue weighted by molar-refractivity contribution is 7.89. The van der Waals surface area contributed by atoms with Crippen LogP contribution < -0.4 is 9.88 Å². The molecule has 0 saturated carbocycles. The van der Waals surface area contributed by atoms with Gasteiger partial charge in [0.05, 0.1) is 14.9 Å². The lowest BCUT2D eigenvalue weighted by molar-refractivity contribution is 0.363. The molecule has 0 spiro atoms. The van der Waals surface area contributed by atoms with E-state index in [0.717, 1.165) is 0 Å². The maximum Gasteiger partial charge on any atom is 0.238 e. The average molecular weight is 296 g/mol. The number of hydrogen-bond donors (Lipinski definition) is 1. The fourth-order valence-electron chi connectivity index (χ4n) is 1.07. The van der Waals surface area contributed by atoms with E-state index in [1.54, 1.807) is 12.2 Å². The summed E-state index contributed by atoms with van der Waals surface area (Å²) in [5, 5.41) is 5.17. The quantitative estimate of drug-likeness (QED) is 0.868. The molecule has 0 heterocycles. The third-order valence-corrected chi connectivity index (χ3v) is 3.31. The molecule has 0 aliphatic rings. The molecule has 0 bridgehead atoms. The summed E-state index contributed by atoms with van der Waals surface area (Å²) in [6, 6.07) is 2.40. The normalized spacial score (nSPS) is 12.0. The Bertz CT molecular complexity index is 517. The molecule has 0 amide bonds. The third-order valence-electron chi connectivity index (χ3n) is 1.86. The highest BCUT2D eigenvalue weighted by atomic mass is 35.5. The Balaban J connectivity index is 3.11. The number of rotatable bonds is 4. The average Bonchev–Trinajstić information content (AvgIpc) is 2.20. The molecule has 1 aromatic carbocycles. The summed E-state index contributed by atoms with van der Waals surface area (Å²) in [6.45, 7) is 2.14. The lowest BCUT2D eigenvalue weighted by atomic mass is 10.3. The van der Waals surface area contributed by atoms with E-state index >= 15 is 0 Å². The molecule has 0 aliphatic carbocycles. The second-order valence-corrected chi connectivity index (χ2v) is 5.52. The summed E-state index contributed by atoms with van der Waals surface area (Å²) in [6.07, 6.45) is 3.57. The van der Waals surface area contributed by atoms with E-state index in [0.29, 0.717) is 6.61 Å². The van der Waals surface area contributed by atoms with E-state index in [1.807, 2.05) is 6.92 Å². The Morgan fingerprint density at radius 1 is 1.35 bits per heavy atom. The second kappa shape index (κ2) is 5.73. The molecule has 1 rings (SSSR count). The van der Waals surface area contributed by atoms with E-state index in [1.165, 1.54) is 12.1 Å². The van der Waals surface area contributed by atoms with Gasteiger partial charge < -0.3 is 4.74 Å². The van der Waals surface area contributed by atoms with Gasteiger partial charge in [-0.3, -0.25) is 0 Å². The zero-order valence-corrected chi connectivity index (χ0v) is 11.3. The molecule has 0 unspecified atom stereocenters. The lowest BCUT2D eigenvalue weighted by Gasteiger charge is -2.09. The Hall–Kier alpha value is -0.750. The minimum atomic E-state index is -3.83. The molecular formula is C10H11Cl2NO3S. The summed E-state index contributed by atoms with van der Waals surface area (Å²) in [5.74, 6) is 0.235. The number of allylic oxidation sites excluding steroid dienone is 1. The number of ether oxygens (including phenoxy) is 1. The summed E-state index contributed by atoms with van der Waals surface area (Å²) < 4.78 is 27.5. The van der Waals surface area contributed by atoms with Crippen LogP contribution in [0, 0.1) is 0 Å². The second-order valence-electron chi connectivity index (χ2n) is 3.14. The molecule has 2 N–H and O–H groups in total. The summed E-state index contributed by atoms with van der Waals surface area (Å²) in [4.78, 5) is -0.147. The molecule has 0 radical (unpaired) electrons. The number of benzene rings is 1. The smallest absolute Gasteiger partial charge is 0.238 e. The minimum Gasteiger partial charge on any atom is -0.486 e. The number of sulfonamides is 1. The van der Waals surface area contributed by atoms with Gasteiger partial charge in [0.2, 0.25) is 10.0 Å². The van der Waals surface area contributed by atoms with Crippen LogP contribution >= 0.6 is 23.2 Å². The molecular weight excluding hydrogens is 285 g/mol. The SMILES string of the molecule is C/C=C/COc1c(Cl)cc(S(N)(=O)=O)cc1Cl. The number of primary sulfonamides is 1. The molecule has 94 valence electrons. The molecule has 0 atom stereocenters. The van der Waals surface area contributed by atoms with E-state index in [-0.39, 0.29) is 20.7 Å². The van der Waals surface area contributed by atoms with Crippen LogP contribution in [0.2, 0.25) is 10.0 Å². The Morgan fingerprint density at radius 2 is 1.88 bits per heavy atom. The topological polar surface area (TPSA) is 69.4 Å². The van der Waals surface area contributed by atoms with Crippen LogP contribution in [0.3, 0.4) is 0 Å². The predicted molar refractivity (Wildman–Crippen MR) is 68.1 cm³/mol. The van der Waals surface area contributed by atoms with Gasteiger partial charge >= 0.3 is 0 Å². The van der Waals surface area contributed by atoms with E-state index in [9.17, 15) is 8.42 Å². The molecule has 0 aliphatic heterocycles. The molecule has 4 nitrogen and oxygen atoms in total. The van der Waals surface area contributed by atoms with Crippen molar-refractivity contribution in [3.63, 3.8) is 0 Å². The van der Waals surface area contributed by atoms with Crippen LogP contribution in [-0.2, 0) is 10.0 Å². The first kappa shape index (κ1) is 14.3. The van der Waals surface area contributed by atoms with Gasteiger partial charge in [0.15, 0.2) is 5.75 Å². The first-order valence-electron chi connectivity index (χ1n) is 4.62. The zero-order valence-electron chi connectivity index (χ0n) is 8.98. The standard InChI is InChI=1S/C10H11Cl2NO3S/c1-2-3-4-16-10-8(11)5-7(6-9(10)12)17(13,14)15/h2-3,5-6H,4H2,1H3,(H2,13,14,15)/b3-2+. The fourth-order valence-corrected chi connectivity index (χ4v) is 2.36. The first-order chi connectivity index (χ1) is 7.86. The van der Waals surface area contributed by atoms with Gasteiger partial charge in [-0.2, -0.15) is 0 Å². The summed E-state index contributed by atoms with van der Waals surface area (Å²) in [5.41, 5.74) is 0. The Kier molecular flexibility index (Phi) is 4.82.